The molecule has 0 bridgehead atoms. The Morgan fingerprint density at radius 2 is 2.06 bits per heavy atom. The molecule has 2 heterocycles. The maximum atomic E-state index is 12.2. The summed E-state index contributed by atoms with van der Waals surface area (Å²) >= 11 is 0. The first-order valence-corrected chi connectivity index (χ1v) is 5.36. The van der Waals surface area contributed by atoms with Gasteiger partial charge in [-0.05, 0) is 12.1 Å². The highest BCUT2D eigenvalue weighted by molar-refractivity contribution is 6.07. The number of nitrogens with one attached hydrogen (secondary N) is 2. The van der Waals surface area contributed by atoms with Gasteiger partial charge in [0.05, 0.1) is 5.56 Å². The summed E-state index contributed by atoms with van der Waals surface area (Å²) in [4.78, 5) is 39.8. The van der Waals surface area contributed by atoms with Gasteiger partial charge in [-0.1, -0.05) is 0 Å². The fourth-order valence-electron chi connectivity index (χ4n) is 1.73. The summed E-state index contributed by atoms with van der Waals surface area (Å²) in [6.45, 7) is -0.245. The summed E-state index contributed by atoms with van der Waals surface area (Å²) in [5, 5.41) is 4.94. The molecule has 94 valence electrons. The van der Waals surface area contributed by atoms with Gasteiger partial charge in [-0.15, -0.1) is 0 Å². The number of rotatable bonds is 2. The molecule has 1 aliphatic rings. The number of imide groups is 1. The highest BCUT2D eigenvalue weighted by Gasteiger charge is 2.28. The molecule has 2 rings (SSSR count). The van der Waals surface area contributed by atoms with E-state index in [1.54, 1.807) is 25.4 Å². The zero-order valence-electron chi connectivity index (χ0n) is 9.77. The van der Waals surface area contributed by atoms with Crippen LogP contribution in [-0.2, 0) is 9.59 Å². The van der Waals surface area contributed by atoms with Crippen LogP contribution in [0.3, 0.4) is 0 Å². The van der Waals surface area contributed by atoms with E-state index in [0.717, 1.165) is 0 Å². The van der Waals surface area contributed by atoms with Gasteiger partial charge >= 0.3 is 0 Å². The average molecular weight is 248 g/mol. The van der Waals surface area contributed by atoms with Crippen molar-refractivity contribution >= 4 is 23.5 Å². The Morgan fingerprint density at radius 3 is 2.67 bits per heavy atom. The lowest BCUT2D eigenvalue weighted by atomic mass is 10.2. The van der Waals surface area contributed by atoms with Gasteiger partial charge in [0.15, 0.2) is 0 Å². The topological polar surface area (TPSA) is 91.4 Å². The van der Waals surface area contributed by atoms with Crippen molar-refractivity contribution in [2.24, 2.45) is 0 Å². The Labute approximate surface area is 103 Å². The SMILES string of the molecule is CNc1ncccc1C(=O)N1CC(=O)NC(=O)C1. The Hall–Kier alpha value is -2.44. The summed E-state index contributed by atoms with van der Waals surface area (Å²) < 4.78 is 0. The van der Waals surface area contributed by atoms with Gasteiger partial charge in [0.25, 0.3) is 5.91 Å². The molecule has 7 nitrogen and oxygen atoms in total. The van der Waals surface area contributed by atoms with Crippen molar-refractivity contribution in [2.45, 2.75) is 0 Å². The van der Waals surface area contributed by atoms with Crippen LogP contribution in [0, 0.1) is 0 Å². The molecule has 0 saturated carbocycles. The minimum atomic E-state index is -0.477. The fourth-order valence-corrected chi connectivity index (χ4v) is 1.73. The molecule has 1 aromatic heterocycles. The number of aromatic nitrogens is 1. The highest BCUT2D eigenvalue weighted by atomic mass is 16.2. The zero-order valence-corrected chi connectivity index (χ0v) is 9.77. The van der Waals surface area contributed by atoms with E-state index in [1.807, 2.05) is 0 Å². The zero-order chi connectivity index (χ0) is 13.1. The number of carbonyl (C=O) groups is 3. The average Bonchev–Trinajstić information content (AvgIpc) is 2.36. The number of carbonyl (C=O) groups excluding carboxylic acids is 3. The molecular weight excluding hydrogens is 236 g/mol. The van der Waals surface area contributed by atoms with Crippen molar-refractivity contribution in [1.82, 2.24) is 15.2 Å². The van der Waals surface area contributed by atoms with Crippen molar-refractivity contribution in [3.8, 4) is 0 Å². The van der Waals surface area contributed by atoms with Gasteiger partial charge in [-0.2, -0.15) is 0 Å². The van der Waals surface area contributed by atoms with Crippen LogP contribution in [0.25, 0.3) is 0 Å². The minimum Gasteiger partial charge on any atom is -0.372 e. The molecule has 1 aromatic rings. The molecule has 0 radical (unpaired) electrons. The lowest BCUT2D eigenvalue weighted by Crippen LogP contribution is -2.53. The lowest BCUT2D eigenvalue weighted by Gasteiger charge is -2.25. The Bertz CT molecular complexity index is 499. The number of hydrogen-bond acceptors (Lipinski definition) is 5. The van der Waals surface area contributed by atoms with E-state index >= 15 is 0 Å². The number of pyridine rings is 1. The van der Waals surface area contributed by atoms with Crippen LogP contribution in [0.2, 0.25) is 0 Å². The molecule has 3 amide bonds. The van der Waals surface area contributed by atoms with E-state index in [0.29, 0.717) is 11.4 Å². The van der Waals surface area contributed by atoms with Crippen molar-refractivity contribution in [1.29, 1.82) is 0 Å². The molecule has 2 N–H and O–H groups in total. The number of amides is 3. The molecule has 0 atom stereocenters. The summed E-state index contributed by atoms with van der Waals surface area (Å²) in [6, 6.07) is 3.22. The van der Waals surface area contributed by atoms with Crippen molar-refractivity contribution < 1.29 is 14.4 Å². The van der Waals surface area contributed by atoms with Crippen LogP contribution in [0.1, 0.15) is 10.4 Å². The molecule has 0 spiro atoms. The van der Waals surface area contributed by atoms with E-state index in [-0.39, 0.29) is 13.1 Å². The number of nitrogens with zero attached hydrogens (tertiary/aromatic N) is 2. The first-order chi connectivity index (χ1) is 8.61. The van der Waals surface area contributed by atoms with Crippen LogP contribution in [-0.4, -0.2) is 47.7 Å². The molecule has 7 heteroatoms. The van der Waals surface area contributed by atoms with Crippen LogP contribution in [0.5, 0.6) is 0 Å². The van der Waals surface area contributed by atoms with E-state index in [1.165, 1.54) is 4.90 Å². The monoisotopic (exact) mass is 248 g/mol. The molecule has 1 saturated heterocycles. The number of anilines is 1. The normalized spacial score (nSPS) is 15.3. The third-order valence-electron chi connectivity index (χ3n) is 2.51. The molecule has 18 heavy (non-hydrogen) atoms. The van der Waals surface area contributed by atoms with E-state index in [4.69, 9.17) is 0 Å². The Kier molecular flexibility index (Phi) is 3.22. The summed E-state index contributed by atoms with van der Waals surface area (Å²) in [5.41, 5.74) is 0.336. The maximum Gasteiger partial charge on any atom is 0.258 e. The van der Waals surface area contributed by atoms with E-state index in [2.05, 4.69) is 15.6 Å². The Balaban J connectivity index is 2.25. The largest absolute Gasteiger partial charge is 0.372 e. The van der Waals surface area contributed by atoms with Crippen molar-refractivity contribution in [3.05, 3.63) is 23.9 Å². The summed E-state index contributed by atoms with van der Waals surface area (Å²) in [7, 11) is 1.65. The second kappa shape index (κ2) is 4.82. The van der Waals surface area contributed by atoms with Crippen LogP contribution in [0.4, 0.5) is 5.82 Å². The number of piperazine rings is 1. The smallest absolute Gasteiger partial charge is 0.258 e. The predicted octanol–water partition coefficient (Wildman–Crippen LogP) is -0.778. The molecular formula is C11H12N4O3. The van der Waals surface area contributed by atoms with Crippen LogP contribution >= 0.6 is 0 Å². The second-order valence-electron chi connectivity index (χ2n) is 3.78. The van der Waals surface area contributed by atoms with Gasteiger partial charge in [0, 0.05) is 13.2 Å². The molecule has 0 aromatic carbocycles. The molecule has 0 unspecified atom stereocenters. The third-order valence-corrected chi connectivity index (χ3v) is 2.51. The minimum absolute atomic E-state index is 0.122. The summed E-state index contributed by atoms with van der Waals surface area (Å²) in [6.07, 6.45) is 1.55. The first-order valence-electron chi connectivity index (χ1n) is 5.36. The molecule has 1 aliphatic heterocycles. The van der Waals surface area contributed by atoms with Gasteiger partial charge < -0.3 is 10.2 Å². The van der Waals surface area contributed by atoms with Crippen molar-refractivity contribution in [2.75, 3.05) is 25.5 Å². The van der Waals surface area contributed by atoms with Gasteiger partial charge in [0.1, 0.15) is 18.9 Å². The summed E-state index contributed by atoms with van der Waals surface area (Å²) in [5.74, 6) is -0.930. The maximum absolute atomic E-state index is 12.2. The van der Waals surface area contributed by atoms with Gasteiger partial charge in [-0.25, -0.2) is 4.98 Å². The lowest BCUT2D eigenvalue weighted by molar-refractivity contribution is -0.135. The van der Waals surface area contributed by atoms with Gasteiger partial charge in [0.2, 0.25) is 11.8 Å². The van der Waals surface area contributed by atoms with Crippen molar-refractivity contribution in [3.63, 3.8) is 0 Å². The van der Waals surface area contributed by atoms with Gasteiger partial charge in [-0.3, -0.25) is 19.7 Å². The first kappa shape index (κ1) is 12.0. The standard InChI is InChI=1S/C11H12N4O3/c1-12-10-7(3-2-4-13-10)11(18)15-5-8(16)14-9(17)6-15/h2-4H,5-6H2,1H3,(H,12,13)(H,14,16,17). The van der Waals surface area contributed by atoms with E-state index in [9.17, 15) is 14.4 Å². The predicted molar refractivity (Wildman–Crippen MR) is 62.8 cm³/mol. The third kappa shape index (κ3) is 2.29. The van der Waals surface area contributed by atoms with Crippen LogP contribution < -0.4 is 10.6 Å². The fraction of sp³-hybridized carbons (Fsp3) is 0.273. The molecule has 0 aliphatic carbocycles. The number of hydrogen-bond donors (Lipinski definition) is 2. The van der Waals surface area contributed by atoms with Crippen LogP contribution in [0.15, 0.2) is 18.3 Å². The van der Waals surface area contributed by atoms with E-state index < -0.39 is 17.7 Å². The second-order valence-corrected chi connectivity index (χ2v) is 3.78. The Morgan fingerprint density at radius 1 is 1.39 bits per heavy atom. The highest BCUT2D eigenvalue weighted by Crippen LogP contribution is 2.14. The quantitative estimate of drug-likeness (QED) is 0.670. The molecule has 1 fully saturated rings.